The average Bonchev–Trinajstić information content (AvgIpc) is 2.15. The van der Waals surface area contributed by atoms with Gasteiger partial charge in [0.1, 0.15) is 11.6 Å². The van der Waals surface area contributed by atoms with Gasteiger partial charge in [0.15, 0.2) is 0 Å². The minimum Gasteiger partial charge on any atom is -0.378 e. The van der Waals surface area contributed by atoms with Crippen LogP contribution in [0.4, 0.5) is 5.82 Å². The molecule has 0 atom stereocenters. The van der Waals surface area contributed by atoms with E-state index in [-0.39, 0.29) is 0 Å². The van der Waals surface area contributed by atoms with Crippen molar-refractivity contribution in [3.05, 3.63) is 17.6 Å². The number of methoxy groups -OCH3 is 1. The molecule has 1 aromatic rings. The smallest absolute Gasteiger partial charge is 0.144 e. The number of rotatable bonds is 3. The molecule has 2 N–H and O–H groups in total. The molecule has 5 heteroatoms. The number of aryl methyl sites for hydroxylation is 1. The van der Waals surface area contributed by atoms with Crippen molar-refractivity contribution in [2.24, 2.45) is 5.73 Å². The Morgan fingerprint density at radius 3 is 2.87 bits per heavy atom. The summed E-state index contributed by atoms with van der Waals surface area (Å²) in [4.78, 5) is 10.8. The van der Waals surface area contributed by atoms with Crippen LogP contribution in [0.3, 0.4) is 0 Å². The minimum absolute atomic E-state index is 0.335. The van der Waals surface area contributed by atoms with E-state index < -0.39 is 0 Å². The van der Waals surface area contributed by atoms with Gasteiger partial charge in [-0.15, -0.1) is 0 Å². The largest absolute Gasteiger partial charge is 0.378 e. The first-order chi connectivity index (χ1) is 7.22. The van der Waals surface area contributed by atoms with Crippen molar-refractivity contribution < 1.29 is 4.74 Å². The molecule has 15 heavy (non-hydrogen) atoms. The van der Waals surface area contributed by atoms with Gasteiger partial charge in [-0.2, -0.15) is 0 Å². The zero-order valence-corrected chi connectivity index (χ0v) is 9.10. The van der Waals surface area contributed by atoms with E-state index in [9.17, 15) is 0 Å². The van der Waals surface area contributed by atoms with Gasteiger partial charge in [-0.3, -0.25) is 0 Å². The van der Waals surface area contributed by atoms with E-state index in [1.54, 1.807) is 7.11 Å². The molecule has 0 bridgehead atoms. The third-order valence-corrected chi connectivity index (χ3v) is 2.57. The fraction of sp³-hybridized carbons (Fsp3) is 0.600. The van der Waals surface area contributed by atoms with Crippen LogP contribution in [0.25, 0.3) is 0 Å². The van der Waals surface area contributed by atoms with Gasteiger partial charge in [0.2, 0.25) is 0 Å². The zero-order valence-electron chi connectivity index (χ0n) is 9.10. The lowest BCUT2D eigenvalue weighted by atomic mass is 10.1. The summed E-state index contributed by atoms with van der Waals surface area (Å²) in [6.45, 7) is 4.14. The molecule has 1 fully saturated rings. The van der Waals surface area contributed by atoms with E-state index in [1.807, 2.05) is 13.0 Å². The standard InChI is InChI=1S/C10H16N4O/c1-7-3-10(13-9(4-11)12-7)14-5-8(6-14)15-2/h3,8H,4-6,11H2,1-2H3. The van der Waals surface area contributed by atoms with Crippen LogP contribution >= 0.6 is 0 Å². The molecular formula is C10H16N4O. The molecule has 2 rings (SSSR count). The van der Waals surface area contributed by atoms with Gasteiger partial charge in [0.25, 0.3) is 0 Å². The van der Waals surface area contributed by atoms with Crippen LogP contribution in [-0.4, -0.2) is 36.3 Å². The molecule has 1 aliphatic rings. The maximum Gasteiger partial charge on any atom is 0.144 e. The molecule has 0 aliphatic carbocycles. The molecule has 0 saturated carbocycles. The highest BCUT2D eigenvalue weighted by Gasteiger charge is 2.27. The maximum atomic E-state index is 5.53. The molecule has 82 valence electrons. The van der Waals surface area contributed by atoms with Crippen molar-refractivity contribution in [1.29, 1.82) is 0 Å². The number of hydrogen-bond donors (Lipinski definition) is 1. The van der Waals surface area contributed by atoms with Gasteiger partial charge in [-0.1, -0.05) is 0 Å². The molecule has 0 spiro atoms. The predicted octanol–water partition coefficient (Wildman–Crippen LogP) is 0.0787. The summed E-state index contributed by atoms with van der Waals surface area (Å²) in [6, 6.07) is 1.98. The summed E-state index contributed by atoms with van der Waals surface area (Å²) in [7, 11) is 1.73. The van der Waals surface area contributed by atoms with Crippen LogP contribution in [-0.2, 0) is 11.3 Å². The SMILES string of the molecule is COC1CN(c2cc(C)nc(CN)n2)C1. The first-order valence-electron chi connectivity index (χ1n) is 5.05. The Balaban J connectivity index is 2.12. The zero-order chi connectivity index (χ0) is 10.8. The van der Waals surface area contributed by atoms with Crippen molar-refractivity contribution in [2.75, 3.05) is 25.1 Å². The predicted molar refractivity (Wildman–Crippen MR) is 57.7 cm³/mol. The number of hydrogen-bond acceptors (Lipinski definition) is 5. The molecule has 0 unspecified atom stereocenters. The van der Waals surface area contributed by atoms with Crippen molar-refractivity contribution in [3.8, 4) is 0 Å². The van der Waals surface area contributed by atoms with Crippen molar-refractivity contribution in [3.63, 3.8) is 0 Å². The van der Waals surface area contributed by atoms with Crippen LogP contribution in [0.2, 0.25) is 0 Å². The Kier molecular flexibility index (Phi) is 2.83. The maximum absolute atomic E-state index is 5.53. The fourth-order valence-corrected chi connectivity index (χ4v) is 1.64. The minimum atomic E-state index is 0.335. The number of nitrogens with zero attached hydrogens (tertiary/aromatic N) is 3. The van der Waals surface area contributed by atoms with Crippen LogP contribution in [0, 0.1) is 6.92 Å². The average molecular weight is 208 g/mol. The van der Waals surface area contributed by atoms with E-state index in [2.05, 4.69) is 14.9 Å². The molecular weight excluding hydrogens is 192 g/mol. The van der Waals surface area contributed by atoms with Gasteiger partial charge in [0.05, 0.1) is 12.6 Å². The Labute approximate surface area is 89.3 Å². The second kappa shape index (κ2) is 4.12. The quantitative estimate of drug-likeness (QED) is 0.762. The Bertz CT molecular complexity index is 349. The molecule has 0 radical (unpaired) electrons. The molecule has 0 aromatic carbocycles. The normalized spacial score (nSPS) is 16.6. The van der Waals surface area contributed by atoms with Gasteiger partial charge >= 0.3 is 0 Å². The van der Waals surface area contributed by atoms with Gasteiger partial charge in [-0.05, 0) is 6.92 Å². The fourth-order valence-electron chi connectivity index (χ4n) is 1.64. The Morgan fingerprint density at radius 2 is 2.27 bits per heavy atom. The molecule has 0 amide bonds. The molecule has 1 aromatic heterocycles. The molecule has 2 heterocycles. The van der Waals surface area contributed by atoms with Crippen molar-refractivity contribution in [2.45, 2.75) is 19.6 Å². The van der Waals surface area contributed by atoms with Gasteiger partial charge in [0, 0.05) is 32.0 Å². The second-order valence-electron chi connectivity index (χ2n) is 3.75. The summed E-state index contributed by atoms with van der Waals surface area (Å²) in [6.07, 6.45) is 0.335. The van der Waals surface area contributed by atoms with Crippen LogP contribution in [0.1, 0.15) is 11.5 Å². The number of anilines is 1. The second-order valence-corrected chi connectivity index (χ2v) is 3.75. The summed E-state index contributed by atoms with van der Waals surface area (Å²) in [5, 5.41) is 0. The van der Waals surface area contributed by atoms with Crippen molar-refractivity contribution in [1.82, 2.24) is 9.97 Å². The van der Waals surface area contributed by atoms with E-state index >= 15 is 0 Å². The van der Waals surface area contributed by atoms with E-state index in [0.717, 1.165) is 24.6 Å². The van der Waals surface area contributed by atoms with E-state index in [0.29, 0.717) is 18.5 Å². The Morgan fingerprint density at radius 1 is 1.53 bits per heavy atom. The number of ether oxygens (including phenoxy) is 1. The monoisotopic (exact) mass is 208 g/mol. The first-order valence-corrected chi connectivity index (χ1v) is 5.05. The Hall–Kier alpha value is -1.20. The lowest BCUT2D eigenvalue weighted by Gasteiger charge is -2.39. The first kappa shape index (κ1) is 10.3. The highest BCUT2D eigenvalue weighted by molar-refractivity contribution is 5.43. The highest BCUT2D eigenvalue weighted by Crippen LogP contribution is 2.20. The van der Waals surface area contributed by atoms with Crippen LogP contribution < -0.4 is 10.6 Å². The van der Waals surface area contributed by atoms with Gasteiger partial charge < -0.3 is 15.4 Å². The van der Waals surface area contributed by atoms with E-state index in [4.69, 9.17) is 10.5 Å². The third-order valence-electron chi connectivity index (χ3n) is 2.57. The van der Waals surface area contributed by atoms with Crippen LogP contribution in [0.5, 0.6) is 0 Å². The van der Waals surface area contributed by atoms with Crippen molar-refractivity contribution >= 4 is 5.82 Å². The third kappa shape index (κ3) is 2.08. The number of nitrogens with two attached hydrogens (primary N) is 1. The number of aromatic nitrogens is 2. The molecule has 1 aliphatic heterocycles. The van der Waals surface area contributed by atoms with Gasteiger partial charge in [-0.25, -0.2) is 9.97 Å². The topological polar surface area (TPSA) is 64.3 Å². The summed E-state index contributed by atoms with van der Waals surface area (Å²) >= 11 is 0. The summed E-state index contributed by atoms with van der Waals surface area (Å²) < 4.78 is 5.21. The lowest BCUT2D eigenvalue weighted by molar-refractivity contribution is 0.0782. The molecule has 1 saturated heterocycles. The highest BCUT2D eigenvalue weighted by atomic mass is 16.5. The summed E-state index contributed by atoms with van der Waals surface area (Å²) in [5.74, 6) is 1.65. The molecule has 5 nitrogen and oxygen atoms in total. The summed E-state index contributed by atoms with van der Waals surface area (Å²) in [5.41, 5.74) is 6.49. The lowest BCUT2D eigenvalue weighted by Crippen LogP contribution is -2.52. The van der Waals surface area contributed by atoms with E-state index in [1.165, 1.54) is 0 Å². The van der Waals surface area contributed by atoms with Crippen LogP contribution in [0.15, 0.2) is 6.07 Å².